The van der Waals surface area contributed by atoms with Gasteiger partial charge in [0.15, 0.2) is 0 Å². The van der Waals surface area contributed by atoms with Crippen LogP contribution < -0.4 is 15.5 Å². The lowest BCUT2D eigenvalue weighted by Crippen LogP contribution is -2.43. The number of pyridine rings is 2. The third kappa shape index (κ3) is 7.24. The fraction of sp³-hybridized carbons (Fsp3) is 0.357. The molecule has 1 aromatic carbocycles. The van der Waals surface area contributed by atoms with Gasteiger partial charge in [-0.1, -0.05) is 18.2 Å². The lowest BCUT2D eigenvalue weighted by molar-refractivity contribution is -0.139. The van der Waals surface area contributed by atoms with Gasteiger partial charge in [-0.2, -0.15) is 13.2 Å². The number of carbonyl (C=O) groups excluding carboxylic acids is 1. The molecule has 1 fully saturated rings. The molecule has 11 heteroatoms. The average molecular weight is 542 g/mol. The molecule has 1 saturated heterocycles. The van der Waals surface area contributed by atoms with Crippen LogP contribution in [0, 0.1) is 12.8 Å². The van der Waals surface area contributed by atoms with Crippen molar-refractivity contribution >= 4 is 23.4 Å². The van der Waals surface area contributed by atoms with Crippen LogP contribution in [-0.2, 0) is 17.4 Å². The molecule has 3 N–H and O–H groups in total. The number of carbonyl (C=O) groups is 2. The van der Waals surface area contributed by atoms with Crippen LogP contribution in [0.4, 0.5) is 24.7 Å². The van der Waals surface area contributed by atoms with Crippen molar-refractivity contribution in [2.45, 2.75) is 38.4 Å². The Morgan fingerprint density at radius 2 is 1.77 bits per heavy atom. The second kappa shape index (κ2) is 12.1. The van der Waals surface area contributed by atoms with Gasteiger partial charge >= 0.3 is 12.1 Å². The number of aliphatic carboxylic acids is 1. The molecule has 206 valence electrons. The molecule has 0 saturated carbocycles. The van der Waals surface area contributed by atoms with E-state index in [1.165, 1.54) is 6.92 Å². The molecule has 3 aromatic rings. The second-order valence-corrected chi connectivity index (χ2v) is 9.58. The van der Waals surface area contributed by atoms with Crippen LogP contribution in [0.2, 0.25) is 0 Å². The van der Waals surface area contributed by atoms with Gasteiger partial charge in [-0.3, -0.25) is 9.78 Å². The van der Waals surface area contributed by atoms with E-state index in [2.05, 4.69) is 25.5 Å². The quantitative estimate of drug-likeness (QED) is 0.365. The summed E-state index contributed by atoms with van der Waals surface area (Å²) < 4.78 is 40.3. The molecule has 3 heterocycles. The maximum atomic E-state index is 13.4. The number of nitrogens with one attached hydrogen (secondary N) is 2. The van der Waals surface area contributed by atoms with Gasteiger partial charge in [0, 0.05) is 44.1 Å². The number of anilines is 2. The molecule has 1 amide bonds. The fourth-order valence-corrected chi connectivity index (χ4v) is 4.71. The second-order valence-electron chi connectivity index (χ2n) is 9.58. The van der Waals surface area contributed by atoms with Gasteiger partial charge in [0.05, 0.1) is 16.8 Å². The summed E-state index contributed by atoms with van der Waals surface area (Å²) in [4.78, 5) is 34.9. The number of alkyl halides is 3. The van der Waals surface area contributed by atoms with E-state index >= 15 is 0 Å². The Balaban J connectivity index is 1.34. The molecule has 39 heavy (non-hydrogen) atoms. The Labute approximate surface area is 224 Å². The molecule has 0 spiro atoms. The Bertz CT molecular complexity index is 1280. The lowest BCUT2D eigenvalue weighted by Gasteiger charge is -2.34. The van der Waals surface area contributed by atoms with E-state index in [4.69, 9.17) is 0 Å². The number of amides is 1. The van der Waals surface area contributed by atoms with Crippen molar-refractivity contribution in [1.82, 2.24) is 15.3 Å². The first-order chi connectivity index (χ1) is 18.6. The Morgan fingerprint density at radius 1 is 1.05 bits per heavy atom. The number of piperidine rings is 1. The minimum Gasteiger partial charge on any atom is -0.480 e. The number of nitrogens with zero attached hydrogens (tertiary/aromatic N) is 3. The number of aryl methyl sites for hydroxylation is 1. The maximum Gasteiger partial charge on any atom is 0.417 e. The molecule has 0 bridgehead atoms. The summed E-state index contributed by atoms with van der Waals surface area (Å²) in [5.41, 5.74) is -0.318. The molecule has 1 aliphatic heterocycles. The molecule has 4 rings (SSSR count). The predicted octanol–water partition coefficient (Wildman–Crippen LogP) is 4.56. The smallest absolute Gasteiger partial charge is 0.417 e. The van der Waals surface area contributed by atoms with Crippen molar-refractivity contribution in [3.05, 3.63) is 83.3 Å². The summed E-state index contributed by atoms with van der Waals surface area (Å²) in [7, 11) is 0. The maximum absolute atomic E-state index is 13.4. The van der Waals surface area contributed by atoms with Crippen LogP contribution in [0.15, 0.2) is 60.9 Å². The molecule has 2 aromatic heterocycles. The molecular weight excluding hydrogens is 511 g/mol. The van der Waals surface area contributed by atoms with E-state index < -0.39 is 35.2 Å². The Kier molecular flexibility index (Phi) is 8.68. The summed E-state index contributed by atoms with van der Waals surface area (Å²) in [6.07, 6.45) is -0.105. The van der Waals surface area contributed by atoms with Crippen LogP contribution in [0.3, 0.4) is 0 Å². The van der Waals surface area contributed by atoms with Crippen LogP contribution in [0.1, 0.15) is 40.0 Å². The van der Waals surface area contributed by atoms with Crippen molar-refractivity contribution in [3.63, 3.8) is 0 Å². The third-order valence-electron chi connectivity index (χ3n) is 6.87. The molecule has 0 aliphatic carbocycles. The summed E-state index contributed by atoms with van der Waals surface area (Å²) >= 11 is 0. The van der Waals surface area contributed by atoms with Crippen molar-refractivity contribution in [2.75, 3.05) is 29.9 Å². The molecule has 0 radical (unpaired) electrons. The van der Waals surface area contributed by atoms with E-state index in [0.717, 1.165) is 50.2 Å². The topological polar surface area (TPSA) is 107 Å². The molecule has 8 nitrogen and oxygen atoms in total. The van der Waals surface area contributed by atoms with Crippen molar-refractivity contribution in [2.24, 2.45) is 5.92 Å². The first kappa shape index (κ1) is 27.9. The third-order valence-corrected chi connectivity index (χ3v) is 6.87. The molecule has 1 aliphatic rings. The number of carboxylic acid groups (broad SMARTS) is 1. The van der Waals surface area contributed by atoms with Crippen molar-refractivity contribution < 1.29 is 27.9 Å². The van der Waals surface area contributed by atoms with Crippen LogP contribution in [0.5, 0.6) is 0 Å². The standard InChI is InChI=1S/C28H30F3N5O3/c1-18-25(22(9-13-32-18)28(29,30)31)26(37)35-23(27(38)39)16-19-5-7-21(8-6-19)36-14-10-20(11-15-36)17-34-24-4-2-3-12-33-24/h2-9,12-13,20,23H,10-11,14-17H2,1H3,(H,33,34)(H,35,37)(H,38,39). The van der Waals surface area contributed by atoms with E-state index in [1.54, 1.807) is 18.3 Å². The average Bonchev–Trinajstić information content (AvgIpc) is 2.92. The van der Waals surface area contributed by atoms with Gasteiger partial charge in [0.25, 0.3) is 5.91 Å². The van der Waals surface area contributed by atoms with Gasteiger partial charge in [0.2, 0.25) is 0 Å². The highest BCUT2D eigenvalue weighted by atomic mass is 19.4. The Hall–Kier alpha value is -4.15. The number of carboxylic acids is 1. The van der Waals surface area contributed by atoms with Gasteiger partial charge < -0.3 is 20.6 Å². The van der Waals surface area contributed by atoms with Gasteiger partial charge in [0.1, 0.15) is 11.9 Å². The molecular formula is C28H30F3N5O3. The highest BCUT2D eigenvalue weighted by Gasteiger charge is 2.37. The molecule has 1 atom stereocenters. The van der Waals surface area contributed by atoms with E-state index in [1.807, 2.05) is 30.3 Å². The van der Waals surface area contributed by atoms with E-state index in [0.29, 0.717) is 17.5 Å². The summed E-state index contributed by atoms with van der Waals surface area (Å²) in [6.45, 7) is 3.90. The van der Waals surface area contributed by atoms with Crippen molar-refractivity contribution in [3.8, 4) is 0 Å². The SMILES string of the molecule is Cc1nccc(C(F)(F)F)c1C(=O)NC(Cc1ccc(N2CCC(CNc3ccccn3)CC2)cc1)C(=O)O. The normalized spacial score (nSPS) is 15.0. The van der Waals surface area contributed by atoms with Gasteiger partial charge in [-0.05, 0) is 61.6 Å². The number of hydrogen-bond donors (Lipinski definition) is 3. The number of halogens is 3. The van der Waals surface area contributed by atoms with Gasteiger partial charge in [-0.15, -0.1) is 0 Å². The monoisotopic (exact) mass is 541 g/mol. The predicted molar refractivity (Wildman–Crippen MR) is 141 cm³/mol. The summed E-state index contributed by atoms with van der Waals surface area (Å²) in [5.74, 6) is -1.08. The Morgan fingerprint density at radius 3 is 2.38 bits per heavy atom. The minimum absolute atomic E-state index is 0.0801. The van der Waals surface area contributed by atoms with E-state index in [9.17, 15) is 27.9 Å². The number of benzene rings is 1. The molecule has 1 unspecified atom stereocenters. The highest BCUT2D eigenvalue weighted by Crippen LogP contribution is 2.32. The zero-order chi connectivity index (χ0) is 28.0. The highest BCUT2D eigenvalue weighted by molar-refractivity contribution is 5.99. The van der Waals surface area contributed by atoms with Crippen LogP contribution >= 0.6 is 0 Å². The van der Waals surface area contributed by atoms with Gasteiger partial charge in [-0.25, -0.2) is 9.78 Å². The largest absolute Gasteiger partial charge is 0.480 e. The number of aromatic nitrogens is 2. The summed E-state index contributed by atoms with van der Waals surface area (Å²) in [6, 6.07) is 12.4. The zero-order valence-corrected chi connectivity index (χ0v) is 21.4. The lowest BCUT2D eigenvalue weighted by atomic mass is 9.96. The zero-order valence-electron chi connectivity index (χ0n) is 21.4. The number of hydrogen-bond acceptors (Lipinski definition) is 6. The van der Waals surface area contributed by atoms with Crippen LogP contribution in [-0.4, -0.2) is 52.6 Å². The minimum atomic E-state index is -4.78. The first-order valence-corrected chi connectivity index (χ1v) is 12.7. The fourth-order valence-electron chi connectivity index (χ4n) is 4.71. The number of rotatable bonds is 9. The van der Waals surface area contributed by atoms with Crippen LogP contribution in [0.25, 0.3) is 0 Å². The summed E-state index contributed by atoms with van der Waals surface area (Å²) in [5, 5.41) is 15.3. The first-order valence-electron chi connectivity index (χ1n) is 12.7. The van der Waals surface area contributed by atoms with E-state index in [-0.39, 0.29) is 12.1 Å². The van der Waals surface area contributed by atoms with Crippen molar-refractivity contribution in [1.29, 1.82) is 0 Å².